The highest BCUT2D eigenvalue weighted by Gasteiger charge is 2.26. The van der Waals surface area contributed by atoms with Gasteiger partial charge in [-0.3, -0.25) is 9.59 Å². The van der Waals surface area contributed by atoms with Crippen LogP contribution in [0.25, 0.3) is 0 Å². The van der Waals surface area contributed by atoms with Crippen LogP contribution in [0.5, 0.6) is 0 Å². The zero-order valence-electron chi connectivity index (χ0n) is 11.2. The van der Waals surface area contributed by atoms with Crippen LogP contribution in [0.3, 0.4) is 0 Å². The van der Waals surface area contributed by atoms with Gasteiger partial charge in [0.15, 0.2) is 0 Å². The van der Waals surface area contributed by atoms with Crippen LogP contribution in [-0.2, 0) is 4.79 Å². The number of carbonyl (C=O) groups is 2. The van der Waals surface area contributed by atoms with Crippen LogP contribution in [0.4, 0.5) is 5.69 Å². The van der Waals surface area contributed by atoms with Gasteiger partial charge in [0.05, 0.1) is 11.3 Å². The molecule has 2 N–H and O–H groups in total. The molecule has 0 aliphatic heterocycles. The van der Waals surface area contributed by atoms with E-state index in [1.54, 1.807) is 18.2 Å². The fourth-order valence-corrected chi connectivity index (χ4v) is 2.03. The molecule has 2 rings (SSSR count). The number of hydrogen-bond acceptors (Lipinski definition) is 2. The minimum Gasteiger partial charge on any atom is -0.352 e. The molecule has 4 heteroatoms. The van der Waals surface area contributed by atoms with Crippen molar-refractivity contribution >= 4 is 17.5 Å². The molecule has 0 atom stereocenters. The first-order valence-corrected chi connectivity index (χ1v) is 6.90. The lowest BCUT2D eigenvalue weighted by Crippen LogP contribution is -2.30. The number of hydrogen-bond donors (Lipinski definition) is 2. The molecule has 1 aromatic carbocycles. The minimum atomic E-state index is -0.133. The molecule has 0 spiro atoms. The van der Waals surface area contributed by atoms with E-state index < -0.39 is 0 Å². The molecule has 1 aromatic rings. The van der Waals surface area contributed by atoms with Gasteiger partial charge in [0.25, 0.3) is 5.91 Å². The first-order chi connectivity index (χ1) is 9.22. The second-order valence-corrected chi connectivity index (χ2v) is 4.92. The SMILES string of the molecule is CCCNC(=O)c1ccccc1NC(=O)C1CCC1. The number of anilines is 1. The Morgan fingerprint density at radius 2 is 2.00 bits per heavy atom. The van der Waals surface area contributed by atoms with Crippen LogP contribution < -0.4 is 10.6 Å². The third-order valence-electron chi connectivity index (χ3n) is 3.44. The fraction of sp³-hybridized carbons (Fsp3) is 0.467. The number of benzene rings is 1. The van der Waals surface area contributed by atoms with Gasteiger partial charge in [-0.15, -0.1) is 0 Å². The monoisotopic (exact) mass is 260 g/mol. The molecular weight excluding hydrogens is 240 g/mol. The lowest BCUT2D eigenvalue weighted by atomic mass is 9.85. The number of nitrogens with one attached hydrogen (secondary N) is 2. The van der Waals surface area contributed by atoms with E-state index in [1.165, 1.54) is 0 Å². The first kappa shape index (κ1) is 13.6. The van der Waals surface area contributed by atoms with Crippen LogP contribution in [0.15, 0.2) is 24.3 Å². The van der Waals surface area contributed by atoms with Crippen molar-refractivity contribution in [1.29, 1.82) is 0 Å². The van der Waals surface area contributed by atoms with Gasteiger partial charge in [-0.25, -0.2) is 0 Å². The molecule has 2 amide bonds. The molecule has 0 bridgehead atoms. The third-order valence-corrected chi connectivity index (χ3v) is 3.44. The van der Waals surface area contributed by atoms with E-state index in [0.29, 0.717) is 17.8 Å². The molecule has 1 aliphatic carbocycles. The second-order valence-electron chi connectivity index (χ2n) is 4.92. The zero-order valence-corrected chi connectivity index (χ0v) is 11.2. The van der Waals surface area contributed by atoms with Gasteiger partial charge in [-0.1, -0.05) is 25.5 Å². The standard InChI is InChI=1S/C15H20N2O2/c1-2-10-16-15(19)12-8-3-4-9-13(12)17-14(18)11-6-5-7-11/h3-4,8-9,11H,2,5-7,10H2,1H3,(H,16,19)(H,17,18). The molecule has 0 radical (unpaired) electrons. The highest BCUT2D eigenvalue weighted by atomic mass is 16.2. The van der Waals surface area contributed by atoms with Gasteiger partial charge >= 0.3 is 0 Å². The molecule has 0 saturated heterocycles. The Hall–Kier alpha value is -1.84. The molecule has 1 saturated carbocycles. The van der Waals surface area contributed by atoms with Crippen LogP contribution >= 0.6 is 0 Å². The van der Waals surface area contributed by atoms with E-state index >= 15 is 0 Å². The fourth-order valence-electron chi connectivity index (χ4n) is 2.03. The van der Waals surface area contributed by atoms with Gasteiger partial charge in [0, 0.05) is 12.5 Å². The summed E-state index contributed by atoms with van der Waals surface area (Å²) in [5.41, 5.74) is 1.14. The smallest absolute Gasteiger partial charge is 0.253 e. The second kappa shape index (κ2) is 6.36. The highest BCUT2D eigenvalue weighted by molar-refractivity contribution is 6.04. The Bertz CT molecular complexity index is 467. The number of amides is 2. The van der Waals surface area contributed by atoms with Crippen molar-refractivity contribution in [2.45, 2.75) is 32.6 Å². The van der Waals surface area contributed by atoms with Crippen molar-refractivity contribution in [1.82, 2.24) is 5.32 Å². The van der Waals surface area contributed by atoms with Crippen LogP contribution in [0, 0.1) is 5.92 Å². The number of carbonyl (C=O) groups excluding carboxylic acids is 2. The summed E-state index contributed by atoms with van der Waals surface area (Å²) < 4.78 is 0. The van der Waals surface area contributed by atoms with Crippen molar-refractivity contribution in [3.05, 3.63) is 29.8 Å². The summed E-state index contributed by atoms with van der Waals surface area (Å²) in [6.07, 6.45) is 3.92. The van der Waals surface area contributed by atoms with E-state index in [9.17, 15) is 9.59 Å². The summed E-state index contributed by atoms with van der Waals surface area (Å²) in [4.78, 5) is 23.9. The van der Waals surface area contributed by atoms with Crippen LogP contribution in [0.2, 0.25) is 0 Å². The van der Waals surface area contributed by atoms with Crippen LogP contribution in [0.1, 0.15) is 43.0 Å². The number of rotatable bonds is 5. The lowest BCUT2D eigenvalue weighted by Gasteiger charge is -2.24. The Morgan fingerprint density at radius 1 is 1.26 bits per heavy atom. The van der Waals surface area contributed by atoms with Crippen molar-refractivity contribution in [3.63, 3.8) is 0 Å². The summed E-state index contributed by atoms with van der Waals surface area (Å²) >= 11 is 0. The maximum absolute atomic E-state index is 12.0. The average Bonchev–Trinajstić information content (AvgIpc) is 2.34. The Kier molecular flexibility index (Phi) is 4.55. The van der Waals surface area contributed by atoms with Gasteiger partial charge in [0.2, 0.25) is 5.91 Å². The average molecular weight is 260 g/mol. The molecule has 1 aliphatic rings. The first-order valence-electron chi connectivity index (χ1n) is 6.90. The predicted molar refractivity (Wildman–Crippen MR) is 75.0 cm³/mol. The maximum Gasteiger partial charge on any atom is 0.253 e. The summed E-state index contributed by atoms with van der Waals surface area (Å²) in [5.74, 6) is 0.0140. The Balaban J connectivity index is 2.06. The van der Waals surface area contributed by atoms with Gasteiger partial charge in [-0.2, -0.15) is 0 Å². The van der Waals surface area contributed by atoms with E-state index in [4.69, 9.17) is 0 Å². The van der Waals surface area contributed by atoms with E-state index in [2.05, 4.69) is 10.6 Å². The van der Waals surface area contributed by atoms with E-state index in [-0.39, 0.29) is 17.7 Å². The van der Waals surface area contributed by atoms with Crippen molar-refractivity contribution in [2.24, 2.45) is 5.92 Å². The van der Waals surface area contributed by atoms with Gasteiger partial charge in [0.1, 0.15) is 0 Å². The lowest BCUT2D eigenvalue weighted by molar-refractivity contribution is -0.122. The molecular formula is C15H20N2O2. The van der Waals surface area contributed by atoms with Crippen molar-refractivity contribution in [3.8, 4) is 0 Å². The third kappa shape index (κ3) is 3.34. The molecule has 0 unspecified atom stereocenters. The Labute approximate surface area is 113 Å². The summed E-state index contributed by atoms with van der Waals surface area (Å²) in [6.45, 7) is 2.65. The van der Waals surface area contributed by atoms with Gasteiger partial charge in [-0.05, 0) is 31.4 Å². The molecule has 19 heavy (non-hydrogen) atoms. The summed E-state index contributed by atoms with van der Waals surface area (Å²) in [5, 5.41) is 5.70. The highest BCUT2D eigenvalue weighted by Crippen LogP contribution is 2.28. The molecule has 102 valence electrons. The van der Waals surface area contributed by atoms with E-state index in [0.717, 1.165) is 25.7 Å². The number of para-hydroxylation sites is 1. The van der Waals surface area contributed by atoms with E-state index in [1.807, 2.05) is 13.0 Å². The summed E-state index contributed by atoms with van der Waals surface area (Å²) in [7, 11) is 0. The predicted octanol–water partition coefficient (Wildman–Crippen LogP) is 2.57. The molecule has 1 fully saturated rings. The molecule has 4 nitrogen and oxygen atoms in total. The van der Waals surface area contributed by atoms with Crippen LogP contribution in [-0.4, -0.2) is 18.4 Å². The van der Waals surface area contributed by atoms with Crippen molar-refractivity contribution < 1.29 is 9.59 Å². The van der Waals surface area contributed by atoms with Gasteiger partial charge < -0.3 is 10.6 Å². The topological polar surface area (TPSA) is 58.2 Å². The Morgan fingerprint density at radius 3 is 2.63 bits per heavy atom. The zero-order chi connectivity index (χ0) is 13.7. The molecule has 0 aromatic heterocycles. The van der Waals surface area contributed by atoms with Crippen molar-refractivity contribution in [2.75, 3.05) is 11.9 Å². The largest absolute Gasteiger partial charge is 0.352 e. The minimum absolute atomic E-state index is 0.0296. The normalized spacial score (nSPS) is 14.6. The molecule has 0 heterocycles. The summed E-state index contributed by atoms with van der Waals surface area (Å²) in [6, 6.07) is 7.14. The quantitative estimate of drug-likeness (QED) is 0.854. The maximum atomic E-state index is 12.0.